The maximum atomic E-state index is 13.6. The summed E-state index contributed by atoms with van der Waals surface area (Å²) < 4.78 is 14.5. The molecule has 2 aromatic carbocycles. The molecule has 1 amide bonds. The van der Waals surface area contributed by atoms with E-state index in [-0.39, 0.29) is 11.7 Å². The number of halogens is 1. The number of carbonyl (C=O) groups is 1. The highest BCUT2D eigenvalue weighted by molar-refractivity contribution is 8.01. The maximum absolute atomic E-state index is 13.6. The zero-order valence-corrected chi connectivity index (χ0v) is 15.4. The Morgan fingerprint density at radius 1 is 1.19 bits per heavy atom. The summed E-state index contributed by atoms with van der Waals surface area (Å²) in [5, 5.41) is 10.8. The van der Waals surface area contributed by atoms with E-state index in [2.05, 4.69) is 15.5 Å². The molecule has 7 heteroatoms. The van der Waals surface area contributed by atoms with Crippen LogP contribution >= 0.6 is 23.1 Å². The Morgan fingerprint density at radius 2 is 2.00 bits per heavy atom. The van der Waals surface area contributed by atoms with E-state index in [1.54, 1.807) is 11.6 Å². The number of benzene rings is 2. The van der Waals surface area contributed by atoms with E-state index in [0.29, 0.717) is 0 Å². The van der Waals surface area contributed by atoms with Crippen LogP contribution in [0, 0.1) is 5.82 Å². The molecule has 1 fully saturated rings. The van der Waals surface area contributed by atoms with Crippen molar-refractivity contribution in [3.05, 3.63) is 65.4 Å². The van der Waals surface area contributed by atoms with Gasteiger partial charge in [-0.2, -0.15) is 0 Å². The van der Waals surface area contributed by atoms with Gasteiger partial charge in [-0.1, -0.05) is 41.7 Å². The van der Waals surface area contributed by atoms with Crippen LogP contribution in [-0.4, -0.2) is 16.1 Å². The van der Waals surface area contributed by atoms with Crippen LogP contribution in [0.2, 0.25) is 0 Å². The topological polar surface area (TPSA) is 54.9 Å². The smallest absolute Gasteiger partial charge is 0.235 e. The van der Waals surface area contributed by atoms with E-state index in [9.17, 15) is 9.18 Å². The van der Waals surface area contributed by atoms with E-state index < -0.39 is 5.41 Å². The van der Waals surface area contributed by atoms with E-state index >= 15 is 0 Å². The molecule has 0 saturated heterocycles. The Morgan fingerprint density at radius 3 is 2.62 bits per heavy atom. The fourth-order valence-corrected chi connectivity index (χ4v) is 4.58. The van der Waals surface area contributed by atoms with Crippen LogP contribution in [0.15, 0.2) is 63.3 Å². The number of amides is 1. The third-order valence-corrected chi connectivity index (χ3v) is 6.46. The average Bonchev–Trinajstić information content (AvgIpc) is 3.09. The van der Waals surface area contributed by atoms with Gasteiger partial charge in [0.05, 0.1) is 5.41 Å². The lowest BCUT2D eigenvalue weighted by Gasteiger charge is -2.40. The molecule has 26 heavy (non-hydrogen) atoms. The van der Waals surface area contributed by atoms with E-state index in [0.717, 1.165) is 39.7 Å². The minimum atomic E-state index is -0.623. The molecule has 0 aliphatic heterocycles. The SMILES string of the molecule is O=C(Nc1ccc(Sc2nncs2)cc1)C1(c2cccc(F)c2)CCC1. The van der Waals surface area contributed by atoms with Crippen molar-refractivity contribution < 1.29 is 9.18 Å². The van der Waals surface area contributed by atoms with Gasteiger partial charge in [0.15, 0.2) is 4.34 Å². The summed E-state index contributed by atoms with van der Waals surface area (Å²) >= 11 is 3.02. The van der Waals surface area contributed by atoms with Gasteiger partial charge in [0.25, 0.3) is 0 Å². The molecule has 1 aliphatic rings. The van der Waals surface area contributed by atoms with Gasteiger partial charge in [-0.3, -0.25) is 4.79 Å². The van der Waals surface area contributed by atoms with Crippen molar-refractivity contribution in [3.8, 4) is 0 Å². The van der Waals surface area contributed by atoms with E-state index in [4.69, 9.17) is 0 Å². The summed E-state index contributed by atoms with van der Waals surface area (Å²) in [5.74, 6) is -0.376. The third-order valence-electron chi connectivity index (χ3n) is 4.68. The highest BCUT2D eigenvalue weighted by atomic mass is 32.2. The second-order valence-electron chi connectivity index (χ2n) is 6.23. The molecule has 3 aromatic rings. The number of anilines is 1. The third kappa shape index (κ3) is 3.37. The molecule has 0 bridgehead atoms. The molecule has 1 heterocycles. The summed E-state index contributed by atoms with van der Waals surface area (Å²) in [6.07, 6.45) is 2.46. The van der Waals surface area contributed by atoms with Crippen molar-refractivity contribution in [2.24, 2.45) is 0 Å². The van der Waals surface area contributed by atoms with Crippen LogP contribution in [0.3, 0.4) is 0 Å². The van der Waals surface area contributed by atoms with Crippen LogP contribution in [0.4, 0.5) is 10.1 Å². The molecule has 132 valence electrons. The van der Waals surface area contributed by atoms with Crippen molar-refractivity contribution in [1.29, 1.82) is 0 Å². The van der Waals surface area contributed by atoms with Crippen molar-refractivity contribution in [2.45, 2.75) is 33.9 Å². The van der Waals surface area contributed by atoms with Crippen LogP contribution in [0.1, 0.15) is 24.8 Å². The highest BCUT2D eigenvalue weighted by Crippen LogP contribution is 2.44. The molecule has 0 spiro atoms. The normalized spacial score (nSPS) is 15.3. The molecule has 0 unspecified atom stereocenters. The largest absolute Gasteiger partial charge is 0.325 e. The second-order valence-corrected chi connectivity index (χ2v) is 8.39. The Labute approximate surface area is 158 Å². The van der Waals surface area contributed by atoms with Gasteiger partial charge in [0.1, 0.15) is 11.3 Å². The fourth-order valence-electron chi connectivity index (χ4n) is 3.13. The number of hydrogen-bond acceptors (Lipinski definition) is 5. The number of aromatic nitrogens is 2. The summed E-state index contributed by atoms with van der Waals surface area (Å²) in [7, 11) is 0. The van der Waals surface area contributed by atoms with E-state index in [1.165, 1.54) is 35.2 Å². The van der Waals surface area contributed by atoms with Crippen LogP contribution < -0.4 is 5.32 Å². The first-order valence-corrected chi connectivity index (χ1v) is 9.97. The quantitative estimate of drug-likeness (QED) is 0.679. The first kappa shape index (κ1) is 17.2. The number of rotatable bonds is 5. The zero-order chi connectivity index (χ0) is 18.0. The lowest BCUT2D eigenvalue weighted by Crippen LogP contribution is -2.46. The first-order valence-electron chi connectivity index (χ1n) is 8.27. The van der Waals surface area contributed by atoms with Gasteiger partial charge in [-0.15, -0.1) is 10.2 Å². The minimum absolute atomic E-state index is 0.0705. The zero-order valence-electron chi connectivity index (χ0n) is 13.8. The van der Waals surface area contributed by atoms with Crippen molar-refractivity contribution in [1.82, 2.24) is 10.2 Å². The molecular weight excluding hydrogens is 369 g/mol. The number of nitrogens with zero attached hydrogens (tertiary/aromatic N) is 2. The second kappa shape index (κ2) is 7.17. The Bertz CT molecular complexity index is 909. The van der Waals surface area contributed by atoms with Gasteiger partial charge in [0, 0.05) is 10.6 Å². The summed E-state index contributed by atoms with van der Waals surface area (Å²) in [4.78, 5) is 13.9. The Balaban J connectivity index is 1.48. The molecule has 4 nitrogen and oxygen atoms in total. The molecule has 4 rings (SSSR count). The number of nitrogens with one attached hydrogen (secondary N) is 1. The predicted octanol–water partition coefficient (Wildman–Crippen LogP) is 4.89. The summed E-state index contributed by atoms with van der Waals surface area (Å²) in [5.41, 5.74) is 2.56. The molecule has 1 N–H and O–H groups in total. The van der Waals surface area contributed by atoms with Gasteiger partial charge >= 0.3 is 0 Å². The lowest BCUT2D eigenvalue weighted by molar-refractivity contribution is -0.124. The van der Waals surface area contributed by atoms with Crippen LogP contribution in [-0.2, 0) is 10.2 Å². The number of carbonyl (C=O) groups excluding carboxylic acids is 1. The number of hydrogen-bond donors (Lipinski definition) is 1. The van der Waals surface area contributed by atoms with Crippen molar-refractivity contribution in [3.63, 3.8) is 0 Å². The Kier molecular flexibility index (Phi) is 4.74. The molecule has 1 saturated carbocycles. The molecule has 1 aliphatic carbocycles. The monoisotopic (exact) mass is 385 g/mol. The van der Waals surface area contributed by atoms with Crippen LogP contribution in [0.25, 0.3) is 0 Å². The molecule has 0 radical (unpaired) electrons. The van der Waals surface area contributed by atoms with Crippen molar-refractivity contribution >= 4 is 34.7 Å². The standard InChI is InChI=1S/C19H16FN3OS2/c20-14-4-1-3-13(11-14)19(9-2-10-19)17(24)22-15-5-7-16(8-6-15)26-18-23-21-12-25-18/h1,3-8,11-12H,2,9-10H2,(H,22,24). The minimum Gasteiger partial charge on any atom is -0.325 e. The lowest BCUT2D eigenvalue weighted by atomic mass is 9.63. The highest BCUT2D eigenvalue weighted by Gasteiger charge is 2.45. The van der Waals surface area contributed by atoms with Gasteiger partial charge in [-0.05, 0) is 54.8 Å². The molecular formula is C19H16FN3OS2. The van der Waals surface area contributed by atoms with E-state index in [1.807, 2.05) is 30.3 Å². The van der Waals surface area contributed by atoms with Gasteiger partial charge < -0.3 is 5.32 Å². The Hall–Kier alpha value is -2.25. The summed E-state index contributed by atoms with van der Waals surface area (Å²) in [6, 6.07) is 14.0. The molecule has 0 atom stereocenters. The summed E-state index contributed by atoms with van der Waals surface area (Å²) in [6.45, 7) is 0. The predicted molar refractivity (Wildman–Crippen MR) is 101 cm³/mol. The maximum Gasteiger partial charge on any atom is 0.235 e. The van der Waals surface area contributed by atoms with Gasteiger partial charge in [-0.25, -0.2) is 4.39 Å². The first-order chi connectivity index (χ1) is 12.7. The molecule has 1 aromatic heterocycles. The average molecular weight is 385 g/mol. The fraction of sp³-hybridized carbons (Fsp3) is 0.211. The van der Waals surface area contributed by atoms with Gasteiger partial charge in [0.2, 0.25) is 5.91 Å². The van der Waals surface area contributed by atoms with Crippen LogP contribution in [0.5, 0.6) is 0 Å². The van der Waals surface area contributed by atoms with Crippen molar-refractivity contribution in [2.75, 3.05) is 5.32 Å².